The highest BCUT2D eigenvalue weighted by Crippen LogP contribution is 2.19. The second-order valence-electron chi connectivity index (χ2n) is 4.75. The molecule has 0 radical (unpaired) electrons. The molecule has 114 valence electrons. The summed E-state index contributed by atoms with van der Waals surface area (Å²) in [5.41, 5.74) is 0. The van der Waals surface area contributed by atoms with Crippen LogP contribution < -0.4 is 0 Å². The van der Waals surface area contributed by atoms with Gasteiger partial charge < -0.3 is 19.5 Å². The molecule has 1 saturated heterocycles. The quantitative estimate of drug-likeness (QED) is 0.539. The fraction of sp³-hybridized carbons (Fsp3) is 0.769. The minimum atomic E-state index is -0.801. The molecular weight excluding hydrogens is 266 g/mol. The minimum Gasteiger partial charge on any atom is -0.464 e. The normalized spacial score (nSPS) is 21.6. The first kappa shape index (κ1) is 16.4. The van der Waals surface area contributed by atoms with Crippen LogP contribution in [0.4, 0.5) is 0 Å². The van der Waals surface area contributed by atoms with Crippen LogP contribution in [0.25, 0.3) is 0 Å². The third-order valence-electron chi connectivity index (χ3n) is 3.01. The highest BCUT2D eigenvalue weighted by molar-refractivity contribution is 5.87. The van der Waals surface area contributed by atoms with Crippen molar-refractivity contribution in [2.45, 2.75) is 45.3 Å². The third-order valence-corrected chi connectivity index (χ3v) is 3.01. The van der Waals surface area contributed by atoms with Gasteiger partial charge in [-0.2, -0.15) is 0 Å². The third kappa shape index (κ3) is 4.80. The summed E-state index contributed by atoms with van der Waals surface area (Å²) in [5.74, 6) is -1.60. The highest BCUT2D eigenvalue weighted by atomic mass is 16.5. The molecule has 0 bridgehead atoms. The fourth-order valence-corrected chi connectivity index (χ4v) is 1.97. The van der Waals surface area contributed by atoms with Crippen molar-refractivity contribution >= 4 is 17.8 Å². The first-order valence-corrected chi connectivity index (χ1v) is 6.73. The Morgan fingerprint density at radius 3 is 2.60 bits per heavy atom. The van der Waals surface area contributed by atoms with E-state index in [0.717, 1.165) is 12.8 Å². The zero-order chi connectivity index (χ0) is 15.1. The molecule has 1 heterocycles. The molecule has 1 aliphatic rings. The molecule has 0 aromatic carbocycles. The molecule has 7 heteroatoms. The molecule has 1 N–H and O–H groups in total. The number of rotatable bonds is 6. The number of aliphatic hydroxyl groups is 1. The van der Waals surface area contributed by atoms with Gasteiger partial charge in [0.2, 0.25) is 0 Å². The molecule has 1 rings (SSSR count). The molecule has 0 saturated carbocycles. The van der Waals surface area contributed by atoms with E-state index in [1.165, 1.54) is 11.8 Å². The number of hydrogen-bond donors (Lipinski definition) is 1. The van der Waals surface area contributed by atoms with Gasteiger partial charge in [-0.25, -0.2) is 4.79 Å². The van der Waals surface area contributed by atoms with Crippen molar-refractivity contribution in [1.29, 1.82) is 0 Å². The standard InChI is InChI=1S/C13H21NO6/c1-3-4-5-19-13(18)11-6-10(16)7-14(11)12(17)8-20-9(2)15/h10-11,16H,3-8H2,1-2H3/t10-,11+/m1/s1. The number of nitrogens with zero attached hydrogens (tertiary/aromatic N) is 1. The lowest BCUT2D eigenvalue weighted by molar-refractivity contribution is -0.157. The van der Waals surface area contributed by atoms with Crippen molar-refractivity contribution in [2.75, 3.05) is 19.8 Å². The first-order chi connectivity index (χ1) is 9.45. The Kier molecular flexibility index (Phi) is 6.44. The van der Waals surface area contributed by atoms with Gasteiger partial charge in [-0.3, -0.25) is 9.59 Å². The van der Waals surface area contributed by atoms with Crippen LogP contribution >= 0.6 is 0 Å². The summed E-state index contributed by atoms with van der Waals surface area (Å²) in [6.07, 6.45) is 1.04. The molecule has 0 spiro atoms. The summed E-state index contributed by atoms with van der Waals surface area (Å²) in [6.45, 7) is 3.09. The highest BCUT2D eigenvalue weighted by Gasteiger charge is 2.39. The Morgan fingerprint density at radius 1 is 1.30 bits per heavy atom. The lowest BCUT2D eigenvalue weighted by Crippen LogP contribution is -2.43. The summed E-state index contributed by atoms with van der Waals surface area (Å²) in [6, 6.07) is -0.801. The Morgan fingerprint density at radius 2 is 2.00 bits per heavy atom. The van der Waals surface area contributed by atoms with E-state index in [-0.39, 0.29) is 13.0 Å². The van der Waals surface area contributed by atoms with Gasteiger partial charge in [0.1, 0.15) is 6.04 Å². The Bertz CT molecular complexity index is 370. The summed E-state index contributed by atoms with van der Waals surface area (Å²) >= 11 is 0. The molecule has 0 aromatic rings. The van der Waals surface area contributed by atoms with Crippen molar-refractivity contribution in [3.63, 3.8) is 0 Å². The number of carbonyl (C=O) groups excluding carboxylic acids is 3. The summed E-state index contributed by atoms with van der Waals surface area (Å²) in [4.78, 5) is 35.6. The summed E-state index contributed by atoms with van der Waals surface area (Å²) in [7, 11) is 0. The molecule has 1 amide bonds. The Balaban J connectivity index is 2.56. The Labute approximate surface area is 117 Å². The van der Waals surface area contributed by atoms with Crippen LogP contribution in [-0.4, -0.2) is 59.8 Å². The van der Waals surface area contributed by atoms with Gasteiger partial charge in [0.15, 0.2) is 6.61 Å². The lowest BCUT2D eigenvalue weighted by Gasteiger charge is -2.22. The topological polar surface area (TPSA) is 93.1 Å². The smallest absolute Gasteiger partial charge is 0.328 e. The van der Waals surface area contributed by atoms with Crippen LogP contribution in [0.1, 0.15) is 33.1 Å². The van der Waals surface area contributed by atoms with E-state index >= 15 is 0 Å². The first-order valence-electron chi connectivity index (χ1n) is 6.73. The predicted octanol–water partition coefficient (Wildman–Crippen LogP) is -0.145. The van der Waals surface area contributed by atoms with Crippen LogP contribution in [0.15, 0.2) is 0 Å². The van der Waals surface area contributed by atoms with Gasteiger partial charge in [0, 0.05) is 19.9 Å². The second kappa shape index (κ2) is 7.84. The Hall–Kier alpha value is -1.63. The van der Waals surface area contributed by atoms with Gasteiger partial charge in [0.05, 0.1) is 12.7 Å². The molecule has 1 fully saturated rings. The monoisotopic (exact) mass is 287 g/mol. The number of ether oxygens (including phenoxy) is 2. The maximum Gasteiger partial charge on any atom is 0.328 e. The van der Waals surface area contributed by atoms with Crippen LogP contribution in [0.5, 0.6) is 0 Å². The number of likely N-dealkylation sites (tertiary alicyclic amines) is 1. The van der Waals surface area contributed by atoms with E-state index in [9.17, 15) is 19.5 Å². The molecule has 2 atom stereocenters. The van der Waals surface area contributed by atoms with Crippen LogP contribution in [0.3, 0.4) is 0 Å². The maximum atomic E-state index is 11.9. The molecule has 0 unspecified atom stereocenters. The summed E-state index contributed by atoms with van der Waals surface area (Å²) < 4.78 is 9.68. The number of aliphatic hydroxyl groups excluding tert-OH is 1. The molecule has 20 heavy (non-hydrogen) atoms. The van der Waals surface area contributed by atoms with E-state index in [2.05, 4.69) is 4.74 Å². The molecule has 1 aliphatic heterocycles. The van der Waals surface area contributed by atoms with Crippen LogP contribution in [0.2, 0.25) is 0 Å². The summed E-state index contributed by atoms with van der Waals surface area (Å²) in [5, 5.41) is 9.61. The lowest BCUT2D eigenvalue weighted by atomic mass is 10.2. The van der Waals surface area contributed by atoms with Gasteiger partial charge in [0.25, 0.3) is 5.91 Å². The fourth-order valence-electron chi connectivity index (χ4n) is 1.97. The van der Waals surface area contributed by atoms with Crippen molar-refractivity contribution in [3.05, 3.63) is 0 Å². The van der Waals surface area contributed by atoms with Crippen molar-refractivity contribution < 1.29 is 29.0 Å². The van der Waals surface area contributed by atoms with Gasteiger partial charge in [-0.15, -0.1) is 0 Å². The van der Waals surface area contributed by atoms with Crippen LogP contribution in [-0.2, 0) is 23.9 Å². The van der Waals surface area contributed by atoms with Crippen molar-refractivity contribution in [2.24, 2.45) is 0 Å². The van der Waals surface area contributed by atoms with E-state index in [0.29, 0.717) is 6.61 Å². The molecule has 0 aromatic heterocycles. The SMILES string of the molecule is CCCCOC(=O)[C@@H]1C[C@@H](O)CN1C(=O)COC(C)=O. The predicted molar refractivity (Wildman–Crippen MR) is 68.6 cm³/mol. The number of amides is 1. The van der Waals surface area contributed by atoms with Crippen LogP contribution in [0, 0.1) is 0 Å². The number of unbranched alkanes of at least 4 members (excludes halogenated alkanes) is 1. The van der Waals surface area contributed by atoms with Gasteiger partial charge >= 0.3 is 11.9 Å². The van der Waals surface area contributed by atoms with E-state index in [1.807, 2.05) is 6.92 Å². The van der Waals surface area contributed by atoms with E-state index < -0.39 is 36.6 Å². The zero-order valence-electron chi connectivity index (χ0n) is 11.8. The van der Waals surface area contributed by atoms with E-state index in [4.69, 9.17) is 4.74 Å². The second-order valence-corrected chi connectivity index (χ2v) is 4.75. The molecular formula is C13H21NO6. The van der Waals surface area contributed by atoms with Crippen molar-refractivity contribution in [3.8, 4) is 0 Å². The van der Waals surface area contributed by atoms with Crippen molar-refractivity contribution in [1.82, 2.24) is 4.90 Å². The number of β-amino-alcohol motifs (C(OH)–C–C–N with tert-alkyl or cyclic N) is 1. The van der Waals surface area contributed by atoms with Gasteiger partial charge in [-0.1, -0.05) is 13.3 Å². The average Bonchev–Trinajstić information content (AvgIpc) is 2.78. The average molecular weight is 287 g/mol. The number of carbonyl (C=O) groups is 3. The zero-order valence-corrected chi connectivity index (χ0v) is 11.8. The maximum absolute atomic E-state index is 11.9. The molecule has 7 nitrogen and oxygen atoms in total. The van der Waals surface area contributed by atoms with E-state index in [1.54, 1.807) is 0 Å². The number of esters is 2. The minimum absolute atomic E-state index is 0.0492. The van der Waals surface area contributed by atoms with Gasteiger partial charge in [-0.05, 0) is 6.42 Å². The largest absolute Gasteiger partial charge is 0.464 e. The molecule has 0 aliphatic carbocycles. The number of hydrogen-bond acceptors (Lipinski definition) is 6.